The molecule has 1 fully saturated rings. The molecule has 2 nitrogen and oxygen atoms in total. The van der Waals surface area contributed by atoms with Gasteiger partial charge in [-0.3, -0.25) is 0 Å². The molecule has 1 aromatic carbocycles. The van der Waals surface area contributed by atoms with Crippen LogP contribution in [0.25, 0.3) is 0 Å². The summed E-state index contributed by atoms with van der Waals surface area (Å²) in [4.78, 5) is 0. The smallest absolute Gasteiger partial charge is 0.119 e. The lowest BCUT2D eigenvalue weighted by molar-refractivity contribution is 0.260. The maximum atomic E-state index is 5.68. The normalized spacial score (nSPS) is 19.7. The largest absolute Gasteiger partial charge is 0.493 e. The minimum Gasteiger partial charge on any atom is -0.493 e. The third-order valence-electron chi connectivity index (χ3n) is 2.46. The lowest BCUT2D eigenvalue weighted by Gasteiger charge is -2.10. The molecule has 1 aliphatic rings. The third kappa shape index (κ3) is 4.01. The standard InChI is InChI=1S/C11H14BrNO.ClH/c12-10-1-3-11(4-2-10)14-8-9-5-6-13-7-9;/h1-4,9,13H,5-8H2;1H. The zero-order chi connectivity index (χ0) is 9.80. The molecule has 1 aromatic rings. The maximum Gasteiger partial charge on any atom is 0.119 e. The van der Waals surface area contributed by atoms with Crippen LogP contribution in [0.2, 0.25) is 0 Å². The topological polar surface area (TPSA) is 21.3 Å². The summed E-state index contributed by atoms with van der Waals surface area (Å²) in [5, 5.41) is 3.33. The molecular weight excluding hydrogens is 277 g/mol. The van der Waals surface area contributed by atoms with Crippen LogP contribution < -0.4 is 10.1 Å². The number of benzene rings is 1. The van der Waals surface area contributed by atoms with Crippen LogP contribution in [0.4, 0.5) is 0 Å². The Labute approximate surface area is 105 Å². The molecule has 0 amide bonds. The van der Waals surface area contributed by atoms with Crippen molar-refractivity contribution in [2.45, 2.75) is 6.42 Å². The molecule has 2 rings (SSSR count). The van der Waals surface area contributed by atoms with Crippen molar-refractivity contribution in [2.75, 3.05) is 19.7 Å². The summed E-state index contributed by atoms with van der Waals surface area (Å²) in [5.74, 6) is 1.64. The van der Waals surface area contributed by atoms with Gasteiger partial charge in [0.15, 0.2) is 0 Å². The summed E-state index contributed by atoms with van der Waals surface area (Å²) in [6.07, 6.45) is 1.23. The van der Waals surface area contributed by atoms with E-state index < -0.39 is 0 Å². The molecule has 15 heavy (non-hydrogen) atoms. The molecule has 0 saturated carbocycles. The van der Waals surface area contributed by atoms with E-state index in [1.165, 1.54) is 6.42 Å². The van der Waals surface area contributed by atoms with Gasteiger partial charge in [-0.15, -0.1) is 12.4 Å². The van der Waals surface area contributed by atoms with Gasteiger partial charge in [0.25, 0.3) is 0 Å². The van der Waals surface area contributed by atoms with E-state index in [2.05, 4.69) is 21.2 Å². The fourth-order valence-electron chi connectivity index (χ4n) is 1.60. The van der Waals surface area contributed by atoms with Crippen LogP contribution in [-0.4, -0.2) is 19.7 Å². The monoisotopic (exact) mass is 291 g/mol. The number of hydrogen-bond donors (Lipinski definition) is 1. The molecule has 1 saturated heterocycles. The summed E-state index contributed by atoms with van der Waals surface area (Å²) < 4.78 is 6.77. The van der Waals surface area contributed by atoms with E-state index in [9.17, 15) is 0 Å². The van der Waals surface area contributed by atoms with Crippen molar-refractivity contribution >= 4 is 28.3 Å². The Bertz CT molecular complexity index is 285. The molecule has 1 unspecified atom stereocenters. The molecule has 0 aliphatic carbocycles. The van der Waals surface area contributed by atoms with Crippen LogP contribution in [0, 0.1) is 5.92 Å². The van der Waals surface area contributed by atoms with Crippen LogP contribution in [-0.2, 0) is 0 Å². The van der Waals surface area contributed by atoms with Crippen molar-refractivity contribution in [2.24, 2.45) is 5.92 Å². The number of halogens is 2. The first-order valence-corrected chi connectivity index (χ1v) is 5.73. The first-order valence-electron chi connectivity index (χ1n) is 4.94. The molecule has 0 bridgehead atoms. The zero-order valence-electron chi connectivity index (χ0n) is 8.41. The quantitative estimate of drug-likeness (QED) is 0.925. The summed E-state index contributed by atoms with van der Waals surface area (Å²) in [6, 6.07) is 7.99. The van der Waals surface area contributed by atoms with E-state index >= 15 is 0 Å². The highest BCUT2D eigenvalue weighted by molar-refractivity contribution is 9.10. The van der Waals surface area contributed by atoms with E-state index in [1.54, 1.807) is 0 Å². The molecule has 1 N–H and O–H groups in total. The molecule has 1 aliphatic heterocycles. The molecule has 1 heterocycles. The van der Waals surface area contributed by atoms with E-state index in [1.807, 2.05) is 24.3 Å². The number of nitrogens with one attached hydrogen (secondary N) is 1. The average Bonchev–Trinajstić information content (AvgIpc) is 2.70. The lowest BCUT2D eigenvalue weighted by Crippen LogP contribution is -2.15. The van der Waals surface area contributed by atoms with Crippen LogP contribution in [0.5, 0.6) is 5.75 Å². The van der Waals surface area contributed by atoms with Gasteiger partial charge in [-0.25, -0.2) is 0 Å². The molecule has 0 aromatic heterocycles. The minimum absolute atomic E-state index is 0. The third-order valence-corrected chi connectivity index (χ3v) is 2.99. The second-order valence-electron chi connectivity index (χ2n) is 3.62. The summed E-state index contributed by atoms with van der Waals surface area (Å²) in [5.41, 5.74) is 0. The summed E-state index contributed by atoms with van der Waals surface area (Å²) >= 11 is 3.40. The Kier molecular flexibility index (Phi) is 5.43. The SMILES string of the molecule is Brc1ccc(OCC2CCNC2)cc1.Cl. The predicted octanol–water partition coefficient (Wildman–Crippen LogP) is 2.86. The van der Waals surface area contributed by atoms with E-state index in [-0.39, 0.29) is 12.4 Å². The van der Waals surface area contributed by atoms with Crippen molar-refractivity contribution in [3.8, 4) is 5.75 Å². The maximum absolute atomic E-state index is 5.68. The fraction of sp³-hybridized carbons (Fsp3) is 0.455. The highest BCUT2D eigenvalue weighted by Gasteiger charge is 2.14. The molecule has 1 atom stereocenters. The van der Waals surface area contributed by atoms with Crippen LogP contribution in [0.1, 0.15) is 6.42 Å². The van der Waals surface area contributed by atoms with Crippen LogP contribution in [0.3, 0.4) is 0 Å². The van der Waals surface area contributed by atoms with Crippen LogP contribution >= 0.6 is 28.3 Å². The van der Waals surface area contributed by atoms with Crippen molar-refractivity contribution < 1.29 is 4.74 Å². The minimum atomic E-state index is 0. The van der Waals surface area contributed by atoms with Gasteiger partial charge in [0.1, 0.15) is 5.75 Å². The molecule has 84 valence electrons. The summed E-state index contributed by atoms with van der Waals surface area (Å²) in [7, 11) is 0. The number of rotatable bonds is 3. The summed E-state index contributed by atoms with van der Waals surface area (Å²) in [6.45, 7) is 3.06. The van der Waals surface area contributed by atoms with Gasteiger partial charge in [0, 0.05) is 16.9 Å². The Morgan fingerprint density at radius 2 is 2.07 bits per heavy atom. The Hall–Kier alpha value is -0.250. The molecule has 0 spiro atoms. The van der Waals surface area contributed by atoms with Gasteiger partial charge in [-0.1, -0.05) is 15.9 Å². The van der Waals surface area contributed by atoms with Crippen molar-refractivity contribution in [3.63, 3.8) is 0 Å². The van der Waals surface area contributed by atoms with Gasteiger partial charge in [-0.05, 0) is 37.2 Å². The van der Waals surface area contributed by atoms with Gasteiger partial charge in [-0.2, -0.15) is 0 Å². The fourth-order valence-corrected chi connectivity index (χ4v) is 1.87. The first-order chi connectivity index (χ1) is 6.84. The average molecular weight is 293 g/mol. The highest BCUT2D eigenvalue weighted by atomic mass is 79.9. The number of ether oxygens (including phenoxy) is 1. The van der Waals surface area contributed by atoms with E-state index in [0.29, 0.717) is 5.92 Å². The second kappa shape index (κ2) is 6.36. The van der Waals surface area contributed by atoms with Gasteiger partial charge in [0.05, 0.1) is 6.61 Å². The molecule has 4 heteroatoms. The highest BCUT2D eigenvalue weighted by Crippen LogP contribution is 2.17. The first kappa shape index (κ1) is 12.8. The Morgan fingerprint density at radius 1 is 1.33 bits per heavy atom. The Balaban J connectivity index is 0.00000112. The zero-order valence-corrected chi connectivity index (χ0v) is 10.8. The van der Waals surface area contributed by atoms with Crippen molar-refractivity contribution in [1.82, 2.24) is 5.32 Å². The second-order valence-corrected chi connectivity index (χ2v) is 4.54. The lowest BCUT2D eigenvalue weighted by atomic mass is 10.1. The van der Waals surface area contributed by atoms with Crippen molar-refractivity contribution in [1.29, 1.82) is 0 Å². The molecule has 0 radical (unpaired) electrons. The predicted molar refractivity (Wildman–Crippen MR) is 67.9 cm³/mol. The molecular formula is C11H15BrClNO. The Morgan fingerprint density at radius 3 is 2.67 bits per heavy atom. The van der Waals surface area contributed by atoms with E-state index in [0.717, 1.165) is 29.9 Å². The van der Waals surface area contributed by atoms with Gasteiger partial charge >= 0.3 is 0 Å². The van der Waals surface area contributed by atoms with Crippen molar-refractivity contribution in [3.05, 3.63) is 28.7 Å². The number of hydrogen-bond acceptors (Lipinski definition) is 2. The van der Waals surface area contributed by atoms with E-state index in [4.69, 9.17) is 4.74 Å². The van der Waals surface area contributed by atoms with Crippen LogP contribution in [0.15, 0.2) is 28.7 Å². The van der Waals surface area contributed by atoms with Gasteiger partial charge in [0.2, 0.25) is 0 Å². The van der Waals surface area contributed by atoms with Gasteiger partial charge < -0.3 is 10.1 Å².